The molecule has 0 aromatic rings. The number of unbranched alkanes of at least 4 members (excludes halogenated alkanes) is 1. The Balaban J connectivity index is 2.11. The van der Waals surface area contributed by atoms with E-state index < -0.39 is 0 Å². The zero-order valence-electron chi connectivity index (χ0n) is 14.9. The van der Waals surface area contributed by atoms with Crippen molar-refractivity contribution in [2.75, 3.05) is 6.61 Å². The average Bonchev–Trinajstić information content (AvgIpc) is 3.37. The van der Waals surface area contributed by atoms with Crippen LogP contribution in [-0.4, -0.2) is 18.3 Å². The van der Waals surface area contributed by atoms with Crippen LogP contribution in [0.3, 0.4) is 0 Å². The van der Waals surface area contributed by atoms with Gasteiger partial charge in [0.2, 0.25) is 5.90 Å². The molecule has 0 amide bonds. The number of ketones is 1. The first-order valence-electron chi connectivity index (χ1n) is 9.20. The van der Waals surface area contributed by atoms with Gasteiger partial charge in [-0.1, -0.05) is 25.5 Å². The zero-order valence-corrected chi connectivity index (χ0v) is 14.9. The molecule has 2 saturated carbocycles. The van der Waals surface area contributed by atoms with Crippen LogP contribution in [0.5, 0.6) is 0 Å². The summed E-state index contributed by atoms with van der Waals surface area (Å²) in [5.74, 6) is 2.32. The van der Waals surface area contributed by atoms with E-state index in [1.54, 1.807) is 0 Å². The second-order valence-electron chi connectivity index (χ2n) is 6.86. The predicted molar refractivity (Wildman–Crippen MR) is 95.5 cm³/mol. The van der Waals surface area contributed by atoms with Gasteiger partial charge in [0.1, 0.15) is 5.78 Å². The van der Waals surface area contributed by atoms with E-state index in [0.29, 0.717) is 30.5 Å². The van der Waals surface area contributed by atoms with Crippen molar-refractivity contribution in [1.29, 1.82) is 0 Å². The van der Waals surface area contributed by atoms with Crippen molar-refractivity contribution in [2.45, 2.75) is 72.1 Å². The molecule has 128 valence electrons. The fourth-order valence-electron chi connectivity index (χ4n) is 3.01. The molecule has 0 aromatic carbocycles. The van der Waals surface area contributed by atoms with Gasteiger partial charge in [0.05, 0.1) is 6.61 Å². The third-order valence-electron chi connectivity index (χ3n) is 4.70. The first kappa shape index (κ1) is 18.0. The van der Waals surface area contributed by atoms with Crippen LogP contribution in [0.1, 0.15) is 72.1 Å². The maximum Gasteiger partial charge on any atom is 0.216 e. The number of allylic oxidation sites excluding steroid dienone is 3. The fourth-order valence-corrected chi connectivity index (χ4v) is 3.01. The molecule has 0 aliphatic heterocycles. The lowest BCUT2D eigenvalue weighted by atomic mass is 9.83. The molecule has 0 N–H and O–H groups in total. The molecule has 0 bridgehead atoms. The lowest BCUT2D eigenvalue weighted by molar-refractivity contribution is -0.120. The molecule has 3 heteroatoms. The quantitative estimate of drug-likeness (QED) is 0.477. The van der Waals surface area contributed by atoms with Gasteiger partial charge in [-0.25, -0.2) is 4.99 Å². The highest BCUT2D eigenvalue weighted by Crippen LogP contribution is 2.32. The molecule has 0 unspecified atom stereocenters. The minimum atomic E-state index is 0.396. The summed E-state index contributed by atoms with van der Waals surface area (Å²) in [6.07, 6.45) is 12.3. The van der Waals surface area contributed by atoms with Gasteiger partial charge >= 0.3 is 0 Å². The van der Waals surface area contributed by atoms with Crippen molar-refractivity contribution in [3.05, 3.63) is 23.4 Å². The van der Waals surface area contributed by atoms with Crippen LogP contribution in [0, 0.1) is 11.8 Å². The van der Waals surface area contributed by atoms with Crippen molar-refractivity contribution in [3.8, 4) is 0 Å². The van der Waals surface area contributed by atoms with Crippen molar-refractivity contribution < 1.29 is 9.53 Å². The Bertz CT molecular complexity index is 488. The van der Waals surface area contributed by atoms with Crippen molar-refractivity contribution in [1.82, 2.24) is 0 Å². The molecular weight excluding hydrogens is 286 g/mol. The normalized spacial score (nSPS) is 21.7. The van der Waals surface area contributed by atoms with Gasteiger partial charge in [-0.3, -0.25) is 4.79 Å². The average molecular weight is 317 g/mol. The molecule has 0 heterocycles. The molecule has 0 atom stereocenters. The highest BCUT2D eigenvalue weighted by Gasteiger charge is 2.27. The van der Waals surface area contributed by atoms with Gasteiger partial charge in [-0.15, -0.1) is 0 Å². The monoisotopic (exact) mass is 317 g/mol. The van der Waals surface area contributed by atoms with Crippen LogP contribution in [-0.2, 0) is 9.53 Å². The molecule has 2 aliphatic carbocycles. The number of hydrogen-bond acceptors (Lipinski definition) is 3. The molecule has 2 aliphatic rings. The smallest absolute Gasteiger partial charge is 0.216 e. The highest BCUT2D eigenvalue weighted by atomic mass is 16.5. The SMILES string of the molecule is C\C=C(/C(=N/C(C)=C/CCC)OCC1CC1)C1CCC(=O)CC1. The number of ether oxygens (including phenoxy) is 1. The van der Waals surface area contributed by atoms with E-state index in [1.165, 1.54) is 18.4 Å². The second kappa shape index (κ2) is 9.05. The van der Waals surface area contributed by atoms with E-state index in [9.17, 15) is 4.79 Å². The van der Waals surface area contributed by atoms with Crippen molar-refractivity contribution >= 4 is 11.7 Å². The fraction of sp³-hybridized carbons (Fsp3) is 0.700. The van der Waals surface area contributed by atoms with E-state index in [0.717, 1.165) is 43.9 Å². The van der Waals surface area contributed by atoms with Crippen LogP contribution in [0.15, 0.2) is 28.4 Å². The van der Waals surface area contributed by atoms with E-state index >= 15 is 0 Å². The van der Waals surface area contributed by atoms with E-state index in [1.807, 2.05) is 6.92 Å². The van der Waals surface area contributed by atoms with E-state index in [4.69, 9.17) is 9.73 Å². The van der Waals surface area contributed by atoms with Gasteiger partial charge in [0.25, 0.3) is 0 Å². The van der Waals surface area contributed by atoms with Gasteiger partial charge in [0, 0.05) is 24.1 Å². The maximum atomic E-state index is 11.5. The largest absolute Gasteiger partial charge is 0.477 e. The standard InChI is InChI=1S/C20H31NO2/c1-4-6-7-15(3)21-20(23-14-16-8-9-16)19(5-2)17-10-12-18(22)13-11-17/h5,7,16-17H,4,6,8-14H2,1-3H3/b15-7+,19-5-,21-20-. The van der Waals surface area contributed by atoms with Crippen LogP contribution in [0.25, 0.3) is 0 Å². The predicted octanol–water partition coefficient (Wildman–Crippen LogP) is 5.22. The maximum absolute atomic E-state index is 11.5. The number of Topliss-reactive ketones (excluding diaryl/α,β-unsaturated/α-hetero) is 1. The first-order chi connectivity index (χ1) is 11.1. The Morgan fingerprint density at radius 1 is 1.26 bits per heavy atom. The summed E-state index contributed by atoms with van der Waals surface area (Å²) in [7, 11) is 0. The van der Waals surface area contributed by atoms with Gasteiger partial charge < -0.3 is 4.74 Å². The molecule has 23 heavy (non-hydrogen) atoms. The summed E-state index contributed by atoms with van der Waals surface area (Å²) in [6.45, 7) is 7.07. The number of nitrogens with zero attached hydrogens (tertiary/aromatic N) is 1. The van der Waals surface area contributed by atoms with Crippen LogP contribution in [0.2, 0.25) is 0 Å². The number of aliphatic imine (C=N–C) groups is 1. The van der Waals surface area contributed by atoms with E-state index in [-0.39, 0.29) is 0 Å². The topological polar surface area (TPSA) is 38.7 Å². The summed E-state index contributed by atoms with van der Waals surface area (Å²) in [6, 6.07) is 0. The Labute approximate surface area is 140 Å². The molecule has 0 saturated heterocycles. The zero-order chi connectivity index (χ0) is 16.7. The van der Waals surface area contributed by atoms with Crippen LogP contribution < -0.4 is 0 Å². The molecule has 0 aromatic heterocycles. The summed E-state index contributed by atoms with van der Waals surface area (Å²) in [5.41, 5.74) is 2.23. The third-order valence-corrected chi connectivity index (χ3v) is 4.70. The van der Waals surface area contributed by atoms with Gasteiger partial charge in [-0.05, 0) is 57.8 Å². The van der Waals surface area contributed by atoms with Gasteiger partial charge in [-0.2, -0.15) is 0 Å². The Kier molecular flexibility index (Phi) is 7.07. The molecule has 2 rings (SSSR count). The Morgan fingerprint density at radius 3 is 2.52 bits per heavy atom. The number of hydrogen-bond donors (Lipinski definition) is 0. The first-order valence-corrected chi connectivity index (χ1v) is 9.20. The lowest BCUT2D eigenvalue weighted by Crippen LogP contribution is -2.22. The number of rotatable bonds is 7. The van der Waals surface area contributed by atoms with Gasteiger partial charge in [0.15, 0.2) is 0 Å². The molecule has 3 nitrogen and oxygen atoms in total. The van der Waals surface area contributed by atoms with Crippen LogP contribution >= 0.6 is 0 Å². The summed E-state index contributed by atoms with van der Waals surface area (Å²) >= 11 is 0. The second-order valence-corrected chi connectivity index (χ2v) is 6.86. The summed E-state index contributed by atoms with van der Waals surface area (Å²) < 4.78 is 6.11. The third kappa shape index (κ3) is 5.96. The Hall–Kier alpha value is -1.38. The number of carbonyl (C=O) groups excluding carboxylic acids is 1. The molecular formula is C20H31NO2. The van der Waals surface area contributed by atoms with Crippen molar-refractivity contribution in [2.24, 2.45) is 16.8 Å². The molecule has 0 spiro atoms. The molecule has 2 fully saturated rings. The van der Waals surface area contributed by atoms with Crippen LogP contribution in [0.4, 0.5) is 0 Å². The minimum Gasteiger partial charge on any atom is -0.477 e. The molecule has 0 radical (unpaired) electrons. The Morgan fingerprint density at radius 2 is 1.96 bits per heavy atom. The van der Waals surface area contributed by atoms with Crippen molar-refractivity contribution in [3.63, 3.8) is 0 Å². The highest BCUT2D eigenvalue weighted by molar-refractivity contribution is 5.95. The summed E-state index contributed by atoms with van der Waals surface area (Å²) in [5, 5.41) is 0. The summed E-state index contributed by atoms with van der Waals surface area (Å²) in [4.78, 5) is 16.3. The lowest BCUT2D eigenvalue weighted by Gasteiger charge is -2.25. The number of carbonyl (C=O) groups is 1. The van der Waals surface area contributed by atoms with E-state index in [2.05, 4.69) is 26.0 Å². The minimum absolute atomic E-state index is 0.396.